The van der Waals surface area contributed by atoms with Crippen LogP contribution in [-0.2, 0) is 37.5 Å². The SMILES string of the molecule is COC(=O)[C@H](Cn1cc(CCCO)nn1)N(C(=O)OC(C)(C)C)S(=O)(=O)[O-].[Na+]. The van der Waals surface area contributed by atoms with E-state index in [0.29, 0.717) is 18.5 Å². The molecule has 0 radical (unpaired) electrons. The maximum absolute atomic E-state index is 12.2. The number of hydrogen-bond donors (Lipinski definition) is 1. The summed E-state index contributed by atoms with van der Waals surface area (Å²) in [6, 6.07) is -1.83. The number of aromatic nitrogens is 3. The summed E-state index contributed by atoms with van der Waals surface area (Å²) in [6.45, 7) is 3.85. The molecule has 0 aliphatic carbocycles. The van der Waals surface area contributed by atoms with E-state index in [2.05, 4.69) is 15.0 Å². The molecule has 0 bridgehead atoms. The zero-order valence-electron chi connectivity index (χ0n) is 16.5. The van der Waals surface area contributed by atoms with Crippen LogP contribution in [0.3, 0.4) is 0 Å². The minimum atomic E-state index is -5.40. The molecule has 14 heteroatoms. The summed E-state index contributed by atoms with van der Waals surface area (Å²) >= 11 is 0. The van der Waals surface area contributed by atoms with Crippen molar-refractivity contribution in [2.75, 3.05) is 13.7 Å². The Labute approximate surface area is 185 Å². The Morgan fingerprint density at radius 2 is 2.00 bits per heavy atom. The van der Waals surface area contributed by atoms with Gasteiger partial charge in [-0.1, -0.05) is 5.21 Å². The van der Waals surface area contributed by atoms with Crippen molar-refractivity contribution in [1.82, 2.24) is 19.3 Å². The van der Waals surface area contributed by atoms with Crippen LogP contribution in [0.1, 0.15) is 32.9 Å². The average Bonchev–Trinajstić information content (AvgIpc) is 2.95. The Hall–Kier alpha value is -1.25. The van der Waals surface area contributed by atoms with Crippen molar-refractivity contribution in [3.8, 4) is 0 Å². The quantitative estimate of drug-likeness (QED) is 0.248. The zero-order chi connectivity index (χ0) is 20.8. The second kappa shape index (κ2) is 11.1. The third kappa shape index (κ3) is 8.41. The summed E-state index contributed by atoms with van der Waals surface area (Å²) in [6.07, 6.45) is 0.720. The number of nitrogens with zero attached hydrogens (tertiary/aromatic N) is 4. The van der Waals surface area contributed by atoms with Gasteiger partial charge in [-0.05, 0) is 33.6 Å². The molecule has 1 aromatic heterocycles. The Bertz CT molecular complexity index is 762. The molecular weight excluding hydrogens is 407 g/mol. The molecule has 1 heterocycles. The summed E-state index contributed by atoms with van der Waals surface area (Å²) in [4.78, 5) is 24.3. The molecule has 1 N–H and O–H groups in total. The largest absolute Gasteiger partial charge is 1.00 e. The van der Waals surface area contributed by atoms with Crippen LogP contribution in [0.4, 0.5) is 4.79 Å². The van der Waals surface area contributed by atoms with Crippen molar-refractivity contribution in [3.05, 3.63) is 11.9 Å². The van der Waals surface area contributed by atoms with Crippen molar-refractivity contribution in [1.29, 1.82) is 0 Å². The fraction of sp³-hybridized carbons (Fsp3) is 0.714. The molecule has 1 aromatic rings. The van der Waals surface area contributed by atoms with Gasteiger partial charge in [0.25, 0.3) is 0 Å². The summed E-state index contributed by atoms with van der Waals surface area (Å²) in [5, 5.41) is 16.4. The third-order valence-electron chi connectivity index (χ3n) is 3.11. The molecule has 0 spiro atoms. The second-order valence-electron chi connectivity index (χ2n) is 6.53. The molecule has 0 unspecified atom stereocenters. The van der Waals surface area contributed by atoms with Crippen molar-refractivity contribution < 1.29 is 66.7 Å². The maximum atomic E-state index is 12.2. The number of aliphatic hydroxyl groups is 1. The van der Waals surface area contributed by atoms with Gasteiger partial charge in [0.15, 0.2) is 16.3 Å². The molecule has 28 heavy (non-hydrogen) atoms. The van der Waals surface area contributed by atoms with E-state index < -0.39 is 40.6 Å². The van der Waals surface area contributed by atoms with E-state index in [0.717, 1.165) is 11.8 Å². The normalized spacial score (nSPS) is 12.6. The van der Waals surface area contributed by atoms with Gasteiger partial charge in [-0.2, -0.15) is 4.31 Å². The molecule has 0 aliphatic rings. The monoisotopic (exact) mass is 430 g/mol. The van der Waals surface area contributed by atoms with E-state index in [1.54, 1.807) is 0 Å². The van der Waals surface area contributed by atoms with Crippen LogP contribution < -0.4 is 29.6 Å². The first-order chi connectivity index (χ1) is 12.4. The number of esters is 1. The standard InChI is InChI=1S/C14H24N4O8S.Na/c1-14(2,3)26-13(21)18(27(22,23)24)11(12(20)25-4)9-17-8-10(15-16-17)6-5-7-19;/h8,11,19H,5-7,9H2,1-4H3,(H,22,23,24);/q;+1/p-1/t11-;/m0./s1. The number of amides is 1. The van der Waals surface area contributed by atoms with Crippen LogP contribution in [0.15, 0.2) is 6.20 Å². The van der Waals surface area contributed by atoms with Gasteiger partial charge in [0.1, 0.15) is 5.60 Å². The smallest absolute Gasteiger partial charge is 0.731 e. The van der Waals surface area contributed by atoms with E-state index in [-0.39, 0.29) is 40.5 Å². The van der Waals surface area contributed by atoms with Crippen molar-refractivity contribution in [3.63, 3.8) is 0 Å². The van der Waals surface area contributed by atoms with Crippen LogP contribution in [0.5, 0.6) is 0 Å². The van der Waals surface area contributed by atoms with E-state index in [9.17, 15) is 22.6 Å². The second-order valence-corrected chi connectivity index (χ2v) is 7.78. The Kier molecular flexibility index (Phi) is 10.6. The Morgan fingerprint density at radius 3 is 2.46 bits per heavy atom. The predicted molar refractivity (Wildman–Crippen MR) is 89.0 cm³/mol. The summed E-state index contributed by atoms with van der Waals surface area (Å²) < 4.78 is 45.3. The minimum Gasteiger partial charge on any atom is -0.731 e. The van der Waals surface area contributed by atoms with Crippen molar-refractivity contribution in [2.24, 2.45) is 0 Å². The van der Waals surface area contributed by atoms with Crippen LogP contribution in [-0.4, -0.2) is 74.8 Å². The van der Waals surface area contributed by atoms with Crippen LogP contribution in [0, 0.1) is 0 Å². The molecule has 12 nitrogen and oxygen atoms in total. The number of aliphatic hydroxyl groups excluding tert-OH is 1. The van der Waals surface area contributed by atoms with Gasteiger partial charge in [-0.15, -0.1) is 5.10 Å². The van der Waals surface area contributed by atoms with E-state index >= 15 is 0 Å². The van der Waals surface area contributed by atoms with Crippen LogP contribution in [0.25, 0.3) is 0 Å². The van der Waals surface area contributed by atoms with Gasteiger partial charge in [0, 0.05) is 12.8 Å². The number of aryl methyl sites for hydroxylation is 1. The number of hydrogen-bond acceptors (Lipinski definition) is 10. The van der Waals surface area contributed by atoms with Crippen molar-refractivity contribution >= 4 is 22.4 Å². The summed E-state index contributed by atoms with van der Waals surface area (Å²) in [5.74, 6) is -1.15. The van der Waals surface area contributed by atoms with E-state index in [4.69, 9.17) is 9.84 Å². The molecular formula is C14H23N4NaO8S. The first-order valence-electron chi connectivity index (χ1n) is 7.95. The van der Waals surface area contributed by atoms with Crippen LogP contribution in [0.2, 0.25) is 0 Å². The number of ether oxygens (including phenoxy) is 2. The number of carbonyl (C=O) groups is 2. The number of methoxy groups -OCH3 is 1. The summed E-state index contributed by atoms with van der Waals surface area (Å²) in [7, 11) is -4.42. The first-order valence-corrected chi connectivity index (χ1v) is 9.31. The van der Waals surface area contributed by atoms with Gasteiger partial charge in [0.05, 0.1) is 19.3 Å². The molecule has 0 saturated heterocycles. The molecule has 1 rings (SSSR count). The van der Waals surface area contributed by atoms with Crippen molar-refractivity contribution in [2.45, 2.75) is 51.8 Å². The van der Waals surface area contributed by atoms with Crippen LogP contribution >= 0.6 is 0 Å². The molecule has 1 atom stereocenters. The molecule has 0 saturated carbocycles. The Morgan fingerprint density at radius 1 is 1.39 bits per heavy atom. The molecule has 0 aliphatic heterocycles. The van der Waals surface area contributed by atoms with E-state index in [1.165, 1.54) is 27.0 Å². The minimum absolute atomic E-state index is 0. The first kappa shape index (κ1) is 26.8. The fourth-order valence-electron chi connectivity index (χ4n) is 2.04. The maximum Gasteiger partial charge on any atom is 1.00 e. The average molecular weight is 430 g/mol. The predicted octanol–water partition coefficient (Wildman–Crippen LogP) is -3.55. The van der Waals surface area contributed by atoms with Gasteiger partial charge in [-0.3, -0.25) is 0 Å². The third-order valence-corrected chi connectivity index (χ3v) is 3.99. The molecule has 0 fully saturated rings. The van der Waals surface area contributed by atoms with Gasteiger partial charge >= 0.3 is 41.6 Å². The number of carbonyl (C=O) groups excluding carboxylic acids is 2. The molecule has 154 valence electrons. The number of rotatable bonds is 8. The molecule has 1 amide bonds. The topological polar surface area (TPSA) is 164 Å². The van der Waals surface area contributed by atoms with Gasteiger partial charge in [0.2, 0.25) is 0 Å². The molecule has 0 aromatic carbocycles. The Balaban J connectivity index is 0.00000729. The van der Waals surface area contributed by atoms with E-state index in [1.807, 2.05) is 0 Å². The van der Waals surface area contributed by atoms with Gasteiger partial charge in [-0.25, -0.2) is 22.7 Å². The summed E-state index contributed by atoms with van der Waals surface area (Å²) in [5.41, 5.74) is -0.632. The fourth-order valence-corrected chi connectivity index (χ4v) is 2.73. The zero-order valence-corrected chi connectivity index (χ0v) is 19.3. The van der Waals surface area contributed by atoms with Gasteiger partial charge < -0.3 is 19.1 Å².